The molecule has 0 unspecified atom stereocenters. The van der Waals surface area contributed by atoms with Crippen LogP contribution in [0.25, 0.3) is 10.2 Å². The van der Waals surface area contributed by atoms with Gasteiger partial charge in [0, 0.05) is 23.4 Å². The van der Waals surface area contributed by atoms with Crippen LogP contribution in [0.4, 0.5) is 5.82 Å². The Hall–Kier alpha value is -1.72. The van der Waals surface area contributed by atoms with Crippen LogP contribution in [-0.2, 0) is 16.1 Å². The number of hydrogen-bond acceptors (Lipinski definition) is 8. The van der Waals surface area contributed by atoms with Crippen LogP contribution >= 0.6 is 38.9 Å². The van der Waals surface area contributed by atoms with Crippen LogP contribution in [0.15, 0.2) is 27.3 Å². The van der Waals surface area contributed by atoms with E-state index in [0.29, 0.717) is 19.0 Å². The first-order valence-electron chi connectivity index (χ1n) is 8.38. The molecule has 11 heteroatoms. The van der Waals surface area contributed by atoms with Gasteiger partial charge in [-0.3, -0.25) is 4.79 Å². The van der Waals surface area contributed by atoms with Gasteiger partial charge in [0.2, 0.25) is 5.28 Å². The number of carboxylic acid groups (broad SMARTS) is 1. The lowest BCUT2D eigenvalue weighted by Crippen LogP contribution is -2.37. The second kappa shape index (κ2) is 9.66. The van der Waals surface area contributed by atoms with E-state index in [9.17, 15) is 0 Å². The summed E-state index contributed by atoms with van der Waals surface area (Å²) in [6.07, 6.45) is 2.54. The fourth-order valence-electron chi connectivity index (χ4n) is 2.97. The van der Waals surface area contributed by atoms with Gasteiger partial charge in [0.05, 0.1) is 28.6 Å². The minimum Gasteiger partial charge on any atom is -0.483 e. The number of rotatable bonds is 4. The molecule has 0 saturated carbocycles. The van der Waals surface area contributed by atoms with Gasteiger partial charge >= 0.3 is 0 Å². The van der Waals surface area contributed by atoms with Crippen LogP contribution in [-0.4, -0.2) is 40.8 Å². The predicted molar refractivity (Wildman–Crippen MR) is 111 cm³/mol. The van der Waals surface area contributed by atoms with E-state index in [1.165, 1.54) is 4.88 Å². The first kappa shape index (κ1) is 21.0. The minimum atomic E-state index is -0.250. The van der Waals surface area contributed by atoms with E-state index in [0.717, 1.165) is 33.5 Å². The monoisotopic (exact) mass is 488 g/mol. The number of nitrogens with zero attached hydrogens (tertiary/aromatic N) is 2. The van der Waals surface area contributed by atoms with Gasteiger partial charge in [-0.25, -0.2) is 4.98 Å². The molecule has 0 spiro atoms. The third-order valence-electron chi connectivity index (χ3n) is 4.22. The van der Waals surface area contributed by atoms with Crippen LogP contribution in [0.2, 0.25) is 5.28 Å². The van der Waals surface area contributed by atoms with Crippen molar-refractivity contribution in [2.24, 2.45) is 5.73 Å². The molecule has 1 aliphatic heterocycles. The second-order valence-electron chi connectivity index (χ2n) is 5.97. The summed E-state index contributed by atoms with van der Waals surface area (Å²) in [5, 5.41) is 10.4. The summed E-state index contributed by atoms with van der Waals surface area (Å²) in [5.74, 6) is 1.76. The zero-order valence-corrected chi connectivity index (χ0v) is 17.8. The SMILES string of the molecule is N[C@@H]1COCC[C@H]1c1sc2c(NCc3ccco3)nc(Cl)nc2c1Br.O=CO. The summed E-state index contributed by atoms with van der Waals surface area (Å²) in [7, 11) is 0. The Morgan fingerprint density at radius 1 is 1.50 bits per heavy atom. The minimum absolute atomic E-state index is 0.0268. The summed E-state index contributed by atoms with van der Waals surface area (Å²) in [6.45, 7) is 1.56. The topological polar surface area (TPSA) is 124 Å². The van der Waals surface area contributed by atoms with Crippen LogP contribution in [0, 0.1) is 0 Å². The Morgan fingerprint density at radius 3 is 2.96 bits per heavy atom. The number of fused-ring (bicyclic) bond motifs is 1. The number of nitrogens with two attached hydrogens (primary N) is 1. The van der Waals surface area contributed by atoms with Crippen molar-refractivity contribution in [1.82, 2.24) is 9.97 Å². The Morgan fingerprint density at radius 2 is 2.29 bits per heavy atom. The highest BCUT2D eigenvalue weighted by molar-refractivity contribution is 9.10. The van der Waals surface area contributed by atoms with Gasteiger partial charge in [-0.15, -0.1) is 11.3 Å². The Kier molecular flexibility index (Phi) is 7.24. The molecule has 28 heavy (non-hydrogen) atoms. The number of anilines is 1. The second-order valence-corrected chi connectivity index (χ2v) is 8.15. The standard InChI is InChI=1S/C16H16BrClN4O2S.CH2O2/c17-11-12-14(25-13(11)9-3-5-23-7-10(9)19)15(22-16(18)21-12)20-6-8-2-1-4-24-8;2-1-3/h1-2,4,9-10H,3,5-7,19H2,(H,20,21,22);1H,(H,2,3)/t9-,10-;/m1./s1. The van der Waals surface area contributed by atoms with E-state index in [1.54, 1.807) is 17.6 Å². The number of thiophene rings is 1. The van der Waals surface area contributed by atoms with E-state index in [4.69, 9.17) is 36.4 Å². The molecule has 150 valence electrons. The molecule has 0 bridgehead atoms. The molecule has 3 aromatic heterocycles. The average Bonchev–Trinajstić information content (AvgIpc) is 3.30. The summed E-state index contributed by atoms with van der Waals surface area (Å²) in [5.41, 5.74) is 7.07. The maximum absolute atomic E-state index is 8.36. The maximum atomic E-state index is 8.36. The smallest absolute Gasteiger partial charge is 0.290 e. The third-order valence-corrected chi connectivity index (χ3v) is 6.77. The van der Waals surface area contributed by atoms with Crippen molar-refractivity contribution in [2.75, 3.05) is 18.5 Å². The summed E-state index contributed by atoms with van der Waals surface area (Å²) in [4.78, 5) is 18.3. The highest BCUT2D eigenvalue weighted by atomic mass is 79.9. The van der Waals surface area contributed by atoms with Crippen molar-refractivity contribution < 1.29 is 19.1 Å². The molecule has 4 heterocycles. The molecule has 1 fully saturated rings. The van der Waals surface area contributed by atoms with Gasteiger partial charge in [-0.1, -0.05) is 0 Å². The van der Waals surface area contributed by atoms with Crippen molar-refractivity contribution in [1.29, 1.82) is 0 Å². The number of furan rings is 1. The molecule has 4 rings (SSSR count). The number of carbonyl (C=O) groups is 1. The molecule has 1 saturated heterocycles. The van der Waals surface area contributed by atoms with Crippen molar-refractivity contribution in [2.45, 2.75) is 24.9 Å². The molecule has 0 aromatic carbocycles. The van der Waals surface area contributed by atoms with Gasteiger partial charge < -0.3 is 25.3 Å². The van der Waals surface area contributed by atoms with Crippen LogP contribution in [0.3, 0.4) is 0 Å². The fraction of sp³-hybridized carbons (Fsp3) is 0.353. The van der Waals surface area contributed by atoms with Crippen molar-refractivity contribution >= 4 is 61.4 Å². The summed E-state index contributed by atoms with van der Waals surface area (Å²) in [6, 6.07) is 3.73. The molecular weight excluding hydrogens is 472 g/mol. The van der Waals surface area contributed by atoms with Crippen LogP contribution in [0.5, 0.6) is 0 Å². The zero-order chi connectivity index (χ0) is 20.1. The number of aromatic nitrogens is 2. The van der Waals surface area contributed by atoms with Gasteiger partial charge in [0.25, 0.3) is 6.47 Å². The first-order chi connectivity index (χ1) is 13.5. The Labute approximate surface area is 178 Å². The normalized spacial score (nSPS) is 19.1. The van der Waals surface area contributed by atoms with Gasteiger partial charge in [0.1, 0.15) is 17.1 Å². The van der Waals surface area contributed by atoms with Crippen molar-refractivity contribution in [3.8, 4) is 0 Å². The number of nitrogens with one attached hydrogen (secondary N) is 1. The van der Waals surface area contributed by atoms with Gasteiger partial charge in [0.15, 0.2) is 0 Å². The molecule has 0 amide bonds. The number of ether oxygens (including phenoxy) is 1. The van der Waals surface area contributed by atoms with Crippen LogP contribution < -0.4 is 11.1 Å². The Balaban J connectivity index is 0.000000706. The molecule has 8 nitrogen and oxygen atoms in total. The predicted octanol–water partition coefficient (Wildman–Crippen LogP) is 3.84. The molecule has 3 aromatic rings. The lowest BCUT2D eigenvalue weighted by Gasteiger charge is -2.28. The molecule has 2 atom stereocenters. The third kappa shape index (κ3) is 4.64. The fourth-order valence-corrected chi connectivity index (χ4v) is 5.40. The van der Waals surface area contributed by atoms with E-state index >= 15 is 0 Å². The molecule has 1 aliphatic rings. The first-order valence-corrected chi connectivity index (χ1v) is 10.4. The molecule has 4 N–H and O–H groups in total. The lowest BCUT2D eigenvalue weighted by atomic mass is 9.94. The summed E-state index contributed by atoms with van der Waals surface area (Å²) >= 11 is 11.5. The van der Waals surface area contributed by atoms with E-state index < -0.39 is 0 Å². The number of hydrogen-bond donors (Lipinski definition) is 3. The van der Waals surface area contributed by atoms with Gasteiger partial charge in [-0.05, 0) is 46.1 Å². The van der Waals surface area contributed by atoms with Gasteiger partial charge in [-0.2, -0.15) is 4.98 Å². The van der Waals surface area contributed by atoms with Crippen molar-refractivity contribution in [3.05, 3.63) is 38.8 Å². The summed E-state index contributed by atoms with van der Waals surface area (Å²) < 4.78 is 12.7. The lowest BCUT2D eigenvalue weighted by molar-refractivity contribution is -0.122. The molecule has 0 radical (unpaired) electrons. The van der Waals surface area contributed by atoms with E-state index in [2.05, 4.69) is 31.2 Å². The molecular formula is C17H18BrClN4O4S. The highest BCUT2D eigenvalue weighted by Gasteiger charge is 2.29. The number of halogens is 2. The van der Waals surface area contributed by atoms with Crippen LogP contribution in [0.1, 0.15) is 23.0 Å². The average molecular weight is 490 g/mol. The quantitative estimate of drug-likeness (QED) is 0.373. The van der Waals surface area contributed by atoms with E-state index in [-0.39, 0.29) is 23.7 Å². The molecule has 0 aliphatic carbocycles. The van der Waals surface area contributed by atoms with E-state index in [1.807, 2.05) is 12.1 Å². The maximum Gasteiger partial charge on any atom is 0.290 e. The largest absolute Gasteiger partial charge is 0.483 e. The highest BCUT2D eigenvalue weighted by Crippen LogP contribution is 2.44. The Bertz CT molecular complexity index is 937. The van der Waals surface area contributed by atoms with Crippen molar-refractivity contribution in [3.63, 3.8) is 0 Å². The zero-order valence-electron chi connectivity index (χ0n) is 14.6.